The van der Waals surface area contributed by atoms with Gasteiger partial charge in [0, 0.05) is 37.2 Å². The molecule has 0 fully saturated rings. The Morgan fingerprint density at radius 3 is 2.78 bits per heavy atom. The molecule has 0 aliphatic heterocycles. The average molecular weight is 333 g/mol. The molecule has 0 aliphatic carbocycles. The number of hydrogen-bond acceptors (Lipinski definition) is 2. The van der Waals surface area contributed by atoms with E-state index in [1.54, 1.807) is 0 Å². The van der Waals surface area contributed by atoms with E-state index in [0.29, 0.717) is 0 Å². The summed E-state index contributed by atoms with van der Waals surface area (Å²) in [7, 11) is 1.82. The zero-order valence-electron chi connectivity index (χ0n) is 14.4. The molecule has 0 bridgehead atoms. The number of nitrogens with zero attached hydrogens (tertiary/aromatic N) is 1. The Hall–Kier alpha value is -1.62. The van der Waals surface area contributed by atoms with Crippen LogP contribution in [-0.4, -0.2) is 43.1 Å². The molecule has 1 aromatic carbocycles. The Morgan fingerprint density at radius 2 is 2.04 bits per heavy atom. The Balaban J connectivity index is 1.86. The molecule has 2 rings (SSSR count). The fourth-order valence-corrected chi connectivity index (χ4v) is 3.17. The number of thioether (sulfide) groups is 1. The van der Waals surface area contributed by atoms with Gasteiger partial charge >= 0.3 is 0 Å². The highest BCUT2D eigenvalue weighted by Crippen LogP contribution is 2.22. The lowest BCUT2D eigenvalue weighted by atomic mass is 10.1. The Morgan fingerprint density at radius 1 is 1.22 bits per heavy atom. The van der Waals surface area contributed by atoms with Crippen molar-refractivity contribution in [3.8, 4) is 0 Å². The van der Waals surface area contributed by atoms with Crippen LogP contribution in [0.2, 0.25) is 0 Å². The van der Waals surface area contributed by atoms with Crippen LogP contribution < -0.4 is 10.6 Å². The SMILES string of the molecule is CCc1cccc2c(CCNC(=NC)NCCCSC)c[nH]c12. The second-order valence-electron chi connectivity index (χ2n) is 5.53. The molecule has 23 heavy (non-hydrogen) atoms. The summed E-state index contributed by atoms with van der Waals surface area (Å²) in [6.45, 7) is 4.04. The molecule has 0 radical (unpaired) electrons. The summed E-state index contributed by atoms with van der Waals surface area (Å²) >= 11 is 1.88. The number of aliphatic imine (C=N–C) groups is 1. The molecule has 4 nitrogen and oxygen atoms in total. The third-order valence-electron chi connectivity index (χ3n) is 4.00. The number of para-hydroxylation sites is 1. The van der Waals surface area contributed by atoms with Gasteiger partial charge in [-0.05, 0) is 42.4 Å². The van der Waals surface area contributed by atoms with Crippen LogP contribution >= 0.6 is 11.8 Å². The van der Waals surface area contributed by atoms with Crippen LogP contribution in [0, 0.1) is 0 Å². The van der Waals surface area contributed by atoms with E-state index in [9.17, 15) is 0 Å². The summed E-state index contributed by atoms with van der Waals surface area (Å²) in [6, 6.07) is 6.55. The zero-order valence-corrected chi connectivity index (χ0v) is 15.2. The van der Waals surface area contributed by atoms with Gasteiger partial charge in [0.05, 0.1) is 0 Å². The highest BCUT2D eigenvalue weighted by molar-refractivity contribution is 7.98. The minimum absolute atomic E-state index is 0.880. The third kappa shape index (κ3) is 4.93. The van der Waals surface area contributed by atoms with Crippen LogP contribution in [-0.2, 0) is 12.8 Å². The minimum atomic E-state index is 0.880. The number of hydrogen-bond donors (Lipinski definition) is 3. The van der Waals surface area contributed by atoms with Crippen molar-refractivity contribution in [1.29, 1.82) is 0 Å². The molecule has 2 aromatic rings. The summed E-state index contributed by atoms with van der Waals surface area (Å²) < 4.78 is 0. The molecule has 0 amide bonds. The van der Waals surface area contributed by atoms with Gasteiger partial charge in [-0.3, -0.25) is 4.99 Å². The standard InChI is InChI=1S/C18H28N4S/c1-4-14-7-5-8-16-15(13-22-17(14)16)9-11-21-18(19-2)20-10-6-12-23-3/h5,7-8,13,22H,4,6,9-12H2,1-3H3,(H2,19,20,21). The second kappa shape index (κ2) is 9.50. The normalized spacial score (nSPS) is 11.9. The molecule has 3 N–H and O–H groups in total. The molecule has 126 valence electrons. The Bertz CT molecular complexity index is 633. The highest BCUT2D eigenvalue weighted by Gasteiger charge is 2.06. The lowest BCUT2D eigenvalue weighted by molar-refractivity contribution is 0.778. The monoisotopic (exact) mass is 332 g/mol. The molecule has 0 unspecified atom stereocenters. The molecule has 0 saturated heterocycles. The first-order valence-corrected chi connectivity index (χ1v) is 9.70. The summed E-state index contributed by atoms with van der Waals surface area (Å²) in [4.78, 5) is 7.71. The van der Waals surface area contributed by atoms with Crippen LogP contribution in [0.3, 0.4) is 0 Å². The Labute approximate surface area is 143 Å². The van der Waals surface area contributed by atoms with Gasteiger partial charge in [0.25, 0.3) is 0 Å². The van der Waals surface area contributed by atoms with Gasteiger partial charge in [-0.1, -0.05) is 25.1 Å². The molecular formula is C18H28N4S. The van der Waals surface area contributed by atoms with Crippen molar-refractivity contribution in [1.82, 2.24) is 15.6 Å². The molecule has 1 heterocycles. The summed E-state index contributed by atoms with van der Waals surface area (Å²) in [5.74, 6) is 2.07. The first kappa shape index (κ1) is 17.7. The predicted molar refractivity (Wildman–Crippen MR) is 104 cm³/mol. The lowest BCUT2D eigenvalue weighted by Gasteiger charge is -2.11. The minimum Gasteiger partial charge on any atom is -0.361 e. The van der Waals surface area contributed by atoms with Gasteiger partial charge in [-0.25, -0.2) is 0 Å². The summed E-state index contributed by atoms with van der Waals surface area (Å²) in [5, 5.41) is 8.10. The number of H-pyrrole nitrogens is 1. The molecule has 0 spiro atoms. The van der Waals surface area contributed by atoms with E-state index in [1.165, 1.54) is 27.8 Å². The molecule has 0 aliphatic rings. The maximum absolute atomic E-state index is 4.27. The van der Waals surface area contributed by atoms with Crippen LogP contribution in [0.5, 0.6) is 0 Å². The number of guanidine groups is 1. The molecule has 0 atom stereocenters. The largest absolute Gasteiger partial charge is 0.361 e. The number of aryl methyl sites for hydroxylation is 1. The van der Waals surface area contributed by atoms with E-state index in [1.807, 2.05) is 18.8 Å². The predicted octanol–water partition coefficient (Wildman–Crippen LogP) is 3.19. The second-order valence-corrected chi connectivity index (χ2v) is 6.51. The van der Waals surface area contributed by atoms with E-state index >= 15 is 0 Å². The summed E-state index contributed by atoms with van der Waals surface area (Å²) in [5.41, 5.74) is 4.03. The first-order valence-electron chi connectivity index (χ1n) is 8.31. The third-order valence-corrected chi connectivity index (χ3v) is 4.69. The van der Waals surface area contributed by atoms with Crippen molar-refractivity contribution < 1.29 is 0 Å². The van der Waals surface area contributed by atoms with Crippen molar-refractivity contribution in [3.05, 3.63) is 35.5 Å². The quantitative estimate of drug-likeness (QED) is 0.395. The molecule has 1 aromatic heterocycles. The average Bonchev–Trinajstić information content (AvgIpc) is 3.00. The zero-order chi connectivity index (χ0) is 16.5. The van der Waals surface area contributed by atoms with Gasteiger partial charge in [0.2, 0.25) is 0 Å². The van der Waals surface area contributed by atoms with E-state index in [0.717, 1.165) is 38.3 Å². The van der Waals surface area contributed by atoms with Crippen molar-refractivity contribution >= 4 is 28.6 Å². The van der Waals surface area contributed by atoms with E-state index in [2.05, 4.69) is 58.2 Å². The van der Waals surface area contributed by atoms with E-state index in [-0.39, 0.29) is 0 Å². The van der Waals surface area contributed by atoms with Crippen LogP contribution in [0.15, 0.2) is 29.4 Å². The van der Waals surface area contributed by atoms with E-state index < -0.39 is 0 Å². The van der Waals surface area contributed by atoms with Gasteiger partial charge < -0.3 is 15.6 Å². The van der Waals surface area contributed by atoms with Gasteiger partial charge in [0.1, 0.15) is 0 Å². The Kier molecular flexibility index (Phi) is 7.33. The highest BCUT2D eigenvalue weighted by atomic mass is 32.2. The van der Waals surface area contributed by atoms with Gasteiger partial charge in [-0.2, -0.15) is 11.8 Å². The number of rotatable bonds is 8. The van der Waals surface area contributed by atoms with Crippen molar-refractivity contribution in [2.75, 3.05) is 32.1 Å². The number of benzene rings is 1. The topological polar surface area (TPSA) is 52.2 Å². The fourth-order valence-electron chi connectivity index (χ4n) is 2.74. The number of nitrogens with one attached hydrogen (secondary N) is 3. The van der Waals surface area contributed by atoms with Gasteiger partial charge in [0.15, 0.2) is 5.96 Å². The number of fused-ring (bicyclic) bond motifs is 1. The van der Waals surface area contributed by atoms with Crippen molar-refractivity contribution in [2.24, 2.45) is 4.99 Å². The smallest absolute Gasteiger partial charge is 0.190 e. The van der Waals surface area contributed by atoms with Crippen LogP contribution in [0.1, 0.15) is 24.5 Å². The van der Waals surface area contributed by atoms with Crippen LogP contribution in [0.25, 0.3) is 10.9 Å². The van der Waals surface area contributed by atoms with Crippen LogP contribution in [0.4, 0.5) is 0 Å². The maximum Gasteiger partial charge on any atom is 0.190 e. The van der Waals surface area contributed by atoms with E-state index in [4.69, 9.17) is 0 Å². The summed E-state index contributed by atoms with van der Waals surface area (Å²) in [6.07, 6.45) is 7.48. The van der Waals surface area contributed by atoms with Crippen molar-refractivity contribution in [2.45, 2.75) is 26.2 Å². The molecular weight excluding hydrogens is 304 g/mol. The molecule has 5 heteroatoms. The number of aromatic amines is 1. The fraction of sp³-hybridized carbons (Fsp3) is 0.500. The lowest BCUT2D eigenvalue weighted by Crippen LogP contribution is -2.38. The number of aromatic nitrogens is 1. The van der Waals surface area contributed by atoms with Crippen molar-refractivity contribution in [3.63, 3.8) is 0 Å². The molecule has 0 saturated carbocycles. The van der Waals surface area contributed by atoms with Gasteiger partial charge in [-0.15, -0.1) is 0 Å². The maximum atomic E-state index is 4.27. The first-order chi connectivity index (χ1) is 11.3.